The Morgan fingerprint density at radius 3 is 2.11 bits per heavy atom. The molecule has 3 rings (SSSR count). The van der Waals surface area contributed by atoms with Gasteiger partial charge in [0.15, 0.2) is 0 Å². The second-order valence-electron chi connectivity index (χ2n) is 4.22. The molecule has 1 heterocycles. The van der Waals surface area contributed by atoms with Crippen LogP contribution in [0.4, 0.5) is 0 Å². The summed E-state index contributed by atoms with van der Waals surface area (Å²) in [6.45, 7) is 0. The molecule has 94 valence electrons. The zero-order valence-electron chi connectivity index (χ0n) is 10.2. The number of alkyl halides is 1. The Hall–Kier alpha value is -1.64. The fraction of sp³-hybridized carbons (Fsp3) is 0.0625. The van der Waals surface area contributed by atoms with Gasteiger partial charge in [0.2, 0.25) is 0 Å². The smallest absolute Gasteiger partial charge is 0.123 e. The topological polar surface area (TPSA) is 12.9 Å². The number of hydrogen-bond acceptors (Lipinski definition) is 2. The summed E-state index contributed by atoms with van der Waals surface area (Å²) in [6.07, 6.45) is 0. The quantitative estimate of drug-likeness (QED) is 0.602. The highest BCUT2D eigenvalue weighted by atomic mass is 35.5. The number of aromatic nitrogens is 1. The van der Waals surface area contributed by atoms with Gasteiger partial charge >= 0.3 is 0 Å². The van der Waals surface area contributed by atoms with Crippen molar-refractivity contribution >= 4 is 22.9 Å². The second kappa shape index (κ2) is 5.55. The van der Waals surface area contributed by atoms with Crippen molar-refractivity contribution in [3.05, 3.63) is 65.7 Å². The summed E-state index contributed by atoms with van der Waals surface area (Å²) < 4.78 is 0. The van der Waals surface area contributed by atoms with Gasteiger partial charge in [-0.2, -0.15) is 0 Å². The Morgan fingerprint density at radius 1 is 0.842 bits per heavy atom. The molecule has 0 bridgehead atoms. The Bertz CT molecular complexity index is 659. The van der Waals surface area contributed by atoms with Crippen molar-refractivity contribution in [2.45, 2.75) is 5.88 Å². The SMILES string of the molecule is ClCc1csc(-c2ccc(-c3ccccc3)cc2)n1. The van der Waals surface area contributed by atoms with Crippen LogP contribution in [-0.2, 0) is 5.88 Å². The number of thiazole rings is 1. The molecule has 0 aliphatic heterocycles. The minimum atomic E-state index is 0.471. The maximum absolute atomic E-state index is 5.78. The molecule has 0 radical (unpaired) electrons. The molecule has 0 saturated carbocycles. The molecule has 0 saturated heterocycles. The van der Waals surface area contributed by atoms with Crippen molar-refractivity contribution in [1.82, 2.24) is 4.98 Å². The predicted octanol–water partition coefficient (Wildman–Crippen LogP) is 5.22. The van der Waals surface area contributed by atoms with E-state index in [-0.39, 0.29) is 0 Å². The molecule has 1 nitrogen and oxygen atoms in total. The van der Waals surface area contributed by atoms with Crippen LogP contribution in [-0.4, -0.2) is 4.98 Å². The van der Waals surface area contributed by atoms with E-state index in [0.717, 1.165) is 16.3 Å². The van der Waals surface area contributed by atoms with Crippen molar-refractivity contribution in [3.8, 4) is 21.7 Å². The van der Waals surface area contributed by atoms with Crippen LogP contribution in [0.25, 0.3) is 21.7 Å². The molecule has 0 fully saturated rings. The number of hydrogen-bond donors (Lipinski definition) is 0. The average Bonchev–Trinajstić information content (AvgIpc) is 2.97. The summed E-state index contributed by atoms with van der Waals surface area (Å²) in [5.74, 6) is 0.471. The van der Waals surface area contributed by atoms with Gasteiger partial charge in [-0.15, -0.1) is 22.9 Å². The molecule has 2 aromatic carbocycles. The minimum Gasteiger partial charge on any atom is -0.240 e. The third-order valence-electron chi connectivity index (χ3n) is 2.93. The van der Waals surface area contributed by atoms with Crippen LogP contribution < -0.4 is 0 Å². The molecule has 0 unspecified atom stereocenters. The van der Waals surface area contributed by atoms with Crippen molar-refractivity contribution in [3.63, 3.8) is 0 Å². The first-order valence-corrected chi connectivity index (χ1v) is 7.44. The van der Waals surface area contributed by atoms with E-state index in [1.165, 1.54) is 11.1 Å². The Morgan fingerprint density at radius 2 is 1.47 bits per heavy atom. The summed E-state index contributed by atoms with van der Waals surface area (Å²) in [7, 11) is 0. The van der Waals surface area contributed by atoms with Crippen LogP contribution in [0, 0.1) is 0 Å². The maximum Gasteiger partial charge on any atom is 0.123 e. The van der Waals surface area contributed by atoms with Crippen LogP contribution in [0.2, 0.25) is 0 Å². The first-order valence-electron chi connectivity index (χ1n) is 6.03. The van der Waals surface area contributed by atoms with Gasteiger partial charge in [0, 0.05) is 10.9 Å². The molecule has 0 aliphatic carbocycles. The van der Waals surface area contributed by atoms with Gasteiger partial charge in [-0.25, -0.2) is 4.98 Å². The van der Waals surface area contributed by atoms with E-state index in [1.807, 2.05) is 11.4 Å². The second-order valence-corrected chi connectivity index (χ2v) is 5.35. The summed E-state index contributed by atoms with van der Waals surface area (Å²) in [5.41, 5.74) is 4.53. The van der Waals surface area contributed by atoms with E-state index in [9.17, 15) is 0 Å². The van der Waals surface area contributed by atoms with Gasteiger partial charge in [0.25, 0.3) is 0 Å². The number of nitrogens with zero attached hydrogens (tertiary/aromatic N) is 1. The van der Waals surface area contributed by atoms with Crippen LogP contribution in [0.15, 0.2) is 60.0 Å². The summed E-state index contributed by atoms with van der Waals surface area (Å²) in [4.78, 5) is 4.49. The third-order valence-corrected chi connectivity index (χ3v) is 4.14. The highest BCUT2D eigenvalue weighted by molar-refractivity contribution is 7.13. The predicted molar refractivity (Wildman–Crippen MR) is 82.5 cm³/mol. The van der Waals surface area contributed by atoms with Gasteiger partial charge < -0.3 is 0 Å². The van der Waals surface area contributed by atoms with Crippen LogP contribution in [0.3, 0.4) is 0 Å². The first-order chi connectivity index (χ1) is 9.36. The monoisotopic (exact) mass is 285 g/mol. The molecule has 0 aliphatic rings. The van der Waals surface area contributed by atoms with E-state index in [2.05, 4.69) is 53.5 Å². The number of halogens is 1. The zero-order chi connectivity index (χ0) is 13.1. The summed E-state index contributed by atoms with van der Waals surface area (Å²) >= 11 is 7.41. The average molecular weight is 286 g/mol. The molecular formula is C16H12ClNS. The van der Waals surface area contributed by atoms with E-state index in [1.54, 1.807) is 11.3 Å². The van der Waals surface area contributed by atoms with Crippen molar-refractivity contribution in [2.24, 2.45) is 0 Å². The van der Waals surface area contributed by atoms with E-state index in [0.29, 0.717) is 5.88 Å². The zero-order valence-corrected chi connectivity index (χ0v) is 11.8. The van der Waals surface area contributed by atoms with Crippen LogP contribution in [0.5, 0.6) is 0 Å². The van der Waals surface area contributed by atoms with Gasteiger partial charge in [0.05, 0.1) is 11.6 Å². The number of benzene rings is 2. The molecule has 0 amide bonds. The molecule has 0 atom stereocenters. The third kappa shape index (κ3) is 2.70. The maximum atomic E-state index is 5.78. The van der Waals surface area contributed by atoms with Crippen molar-refractivity contribution < 1.29 is 0 Å². The van der Waals surface area contributed by atoms with Gasteiger partial charge in [-0.1, -0.05) is 54.6 Å². The molecule has 0 spiro atoms. The van der Waals surface area contributed by atoms with Crippen molar-refractivity contribution in [1.29, 1.82) is 0 Å². The minimum absolute atomic E-state index is 0.471. The fourth-order valence-corrected chi connectivity index (χ4v) is 2.99. The molecule has 3 heteroatoms. The van der Waals surface area contributed by atoms with Gasteiger partial charge in [-0.05, 0) is 11.1 Å². The Labute approximate surface area is 121 Å². The number of rotatable bonds is 3. The standard InChI is InChI=1S/C16H12ClNS/c17-10-15-11-19-16(18-15)14-8-6-13(7-9-14)12-4-2-1-3-5-12/h1-9,11H,10H2. The lowest BCUT2D eigenvalue weighted by atomic mass is 10.0. The molecule has 0 N–H and O–H groups in total. The highest BCUT2D eigenvalue weighted by Gasteiger charge is 2.04. The van der Waals surface area contributed by atoms with Crippen LogP contribution >= 0.6 is 22.9 Å². The lowest BCUT2D eigenvalue weighted by Gasteiger charge is -2.02. The fourth-order valence-electron chi connectivity index (χ4n) is 1.94. The van der Waals surface area contributed by atoms with E-state index in [4.69, 9.17) is 11.6 Å². The van der Waals surface area contributed by atoms with Gasteiger partial charge in [0.1, 0.15) is 5.01 Å². The van der Waals surface area contributed by atoms with Gasteiger partial charge in [-0.3, -0.25) is 0 Å². The lowest BCUT2D eigenvalue weighted by Crippen LogP contribution is -1.81. The molecule has 1 aromatic heterocycles. The van der Waals surface area contributed by atoms with E-state index >= 15 is 0 Å². The van der Waals surface area contributed by atoms with E-state index < -0.39 is 0 Å². The lowest BCUT2D eigenvalue weighted by molar-refractivity contribution is 1.23. The summed E-state index contributed by atoms with van der Waals surface area (Å²) in [6, 6.07) is 18.8. The highest BCUT2D eigenvalue weighted by Crippen LogP contribution is 2.27. The normalized spacial score (nSPS) is 10.6. The summed E-state index contributed by atoms with van der Waals surface area (Å²) in [5, 5.41) is 3.03. The van der Waals surface area contributed by atoms with Crippen LogP contribution in [0.1, 0.15) is 5.69 Å². The van der Waals surface area contributed by atoms with Crippen molar-refractivity contribution in [2.75, 3.05) is 0 Å². The molecule has 19 heavy (non-hydrogen) atoms. The Kier molecular flexibility index (Phi) is 3.62. The molecular weight excluding hydrogens is 274 g/mol. The molecule has 3 aromatic rings. The largest absolute Gasteiger partial charge is 0.240 e. The Balaban J connectivity index is 1.90. The first kappa shape index (κ1) is 12.4.